The third-order valence-corrected chi connectivity index (χ3v) is 2.03. The maximum Gasteiger partial charge on any atom is 0.330 e. The summed E-state index contributed by atoms with van der Waals surface area (Å²) in [6.45, 7) is 2.21. The minimum absolute atomic E-state index is 0.156. The van der Waals surface area contributed by atoms with Crippen LogP contribution in [0.15, 0.2) is 36.4 Å². The van der Waals surface area contributed by atoms with Crippen molar-refractivity contribution in [3.8, 4) is 5.75 Å². The molecule has 1 amide bonds. The molecule has 0 aromatic heterocycles. The van der Waals surface area contributed by atoms with E-state index < -0.39 is 11.9 Å². The molecule has 0 aliphatic carbocycles. The summed E-state index contributed by atoms with van der Waals surface area (Å²) >= 11 is 0. The van der Waals surface area contributed by atoms with Gasteiger partial charge in [-0.05, 0) is 25.1 Å². The van der Waals surface area contributed by atoms with Crippen LogP contribution in [-0.4, -0.2) is 25.1 Å². The molecule has 0 saturated carbocycles. The van der Waals surface area contributed by atoms with Gasteiger partial charge in [0.2, 0.25) is 0 Å². The van der Waals surface area contributed by atoms with Crippen molar-refractivity contribution in [3.05, 3.63) is 42.0 Å². The summed E-state index contributed by atoms with van der Waals surface area (Å²) in [7, 11) is 0. The van der Waals surface area contributed by atoms with Gasteiger partial charge in [-0.3, -0.25) is 4.79 Å². The summed E-state index contributed by atoms with van der Waals surface area (Å²) in [4.78, 5) is 22.1. The highest BCUT2D eigenvalue weighted by Gasteiger charge is 2.07. The number of primary amides is 1. The molecular weight excluding hydrogens is 234 g/mol. The molecule has 0 aliphatic rings. The van der Waals surface area contributed by atoms with Crippen LogP contribution in [0.5, 0.6) is 5.75 Å². The van der Waals surface area contributed by atoms with E-state index in [1.54, 1.807) is 31.2 Å². The van der Waals surface area contributed by atoms with E-state index in [0.29, 0.717) is 17.9 Å². The Morgan fingerprint density at radius 3 is 2.72 bits per heavy atom. The standard InChI is InChI=1S/C13H15NO4/c1-2-17-12(15)8-5-9-18-11-7-4-3-6-10(11)13(14)16/h3-8H,2,9H2,1H3,(H2,14,16)/b8-5+. The first-order chi connectivity index (χ1) is 8.65. The van der Waals surface area contributed by atoms with E-state index in [1.165, 1.54) is 12.2 Å². The number of carbonyl (C=O) groups excluding carboxylic acids is 2. The molecular formula is C13H15NO4. The Balaban J connectivity index is 2.54. The minimum atomic E-state index is -0.556. The highest BCUT2D eigenvalue weighted by molar-refractivity contribution is 5.95. The quantitative estimate of drug-likeness (QED) is 0.608. The molecule has 96 valence electrons. The molecule has 0 bridgehead atoms. The predicted molar refractivity (Wildman–Crippen MR) is 66.2 cm³/mol. The zero-order chi connectivity index (χ0) is 13.4. The van der Waals surface area contributed by atoms with Crippen molar-refractivity contribution in [1.29, 1.82) is 0 Å². The molecule has 0 atom stereocenters. The molecule has 0 heterocycles. The largest absolute Gasteiger partial charge is 0.489 e. The molecule has 18 heavy (non-hydrogen) atoms. The monoisotopic (exact) mass is 249 g/mol. The van der Waals surface area contributed by atoms with Gasteiger partial charge < -0.3 is 15.2 Å². The average Bonchev–Trinajstić information content (AvgIpc) is 2.35. The highest BCUT2D eigenvalue weighted by atomic mass is 16.5. The number of ether oxygens (including phenoxy) is 2. The summed E-state index contributed by atoms with van der Waals surface area (Å²) in [5, 5.41) is 0. The number of esters is 1. The molecule has 1 aromatic carbocycles. The van der Waals surface area contributed by atoms with E-state index in [1.807, 2.05) is 0 Å². The number of hydrogen-bond donors (Lipinski definition) is 1. The lowest BCUT2D eigenvalue weighted by atomic mass is 10.2. The summed E-state index contributed by atoms with van der Waals surface area (Å²) in [6.07, 6.45) is 2.78. The predicted octanol–water partition coefficient (Wildman–Crippen LogP) is 1.28. The van der Waals surface area contributed by atoms with Crippen LogP contribution < -0.4 is 10.5 Å². The third-order valence-electron chi connectivity index (χ3n) is 2.03. The van der Waals surface area contributed by atoms with E-state index in [-0.39, 0.29) is 6.61 Å². The number of carbonyl (C=O) groups is 2. The van der Waals surface area contributed by atoms with Gasteiger partial charge in [0.05, 0.1) is 12.2 Å². The first kappa shape index (κ1) is 13.8. The molecule has 0 saturated heterocycles. The van der Waals surface area contributed by atoms with Crippen molar-refractivity contribution in [3.63, 3.8) is 0 Å². The second-order valence-corrected chi connectivity index (χ2v) is 3.33. The molecule has 0 unspecified atom stereocenters. The third kappa shape index (κ3) is 4.29. The molecule has 1 rings (SSSR count). The summed E-state index contributed by atoms with van der Waals surface area (Å²) in [5.74, 6) is -0.595. The molecule has 0 fully saturated rings. The number of amides is 1. The fraction of sp³-hybridized carbons (Fsp3) is 0.231. The normalized spacial score (nSPS) is 10.3. The minimum Gasteiger partial charge on any atom is -0.489 e. The van der Waals surface area contributed by atoms with Crippen LogP contribution >= 0.6 is 0 Å². The zero-order valence-corrected chi connectivity index (χ0v) is 10.1. The SMILES string of the molecule is CCOC(=O)/C=C/COc1ccccc1C(N)=O. The Kier molecular flexibility index (Phi) is 5.44. The smallest absolute Gasteiger partial charge is 0.330 e. The van der Waals surface area contributed by atoms with E-state index >= 15 is 0 Å². The fourth-order valence-electron chi connectivity index (χ4n) is 1.27. The van der Waals surface area contributed by atoms with Crippen LogP contribution in [-0.2, 0) is 9.53 Å². The van der Waals surface area contributed by atoms with Crippen molar-refractivity contribution >= 4 is 11.9 Å². The van der Waals surface area contributed by atoms with E-state index in [4.69, 9.17) is 15.2 Å². The molecule has 0 radical (unpaired) electrons. The van der Waals surface area contributed by atoms with Gasteiger partial charge in [-0.1, -0.05) is 12.1 Å². The lowest BCUT2D eigenvalue weighted by molar-refractivity contribution is -0.137. The Bertz CT molecular complexity index is 454. The number of para-hydroxylation sites is 1. The van der Waals surface area contributed by atoms with Gasteiger partial charge in [0.15, 0.2) is 0 Å². The van der Waals surface area contributed by atoms with Crippen LogP contribution in [0.2, 0.25) is 0 Å². The van der Waals surface area contributed by atoms with Gasteiger partial charge in [-0.2, -0.15) is 0 Å². The van der Waals surface area contributed by atoms with Crippen molar-refractivity contribution < 1.29 is 19.1 Å². The van der Waals surface area contributed by atoms with Crippen molar-refractivity contribution in [2.45, 2.75) is 6.92 Å². The Morgan fingerprint density at radius 1 is 1.33 bits per heavy atom. The van der Waals surface area contributed by atoms with Gasteiger partial charge in [0.1, 0.15) is 12.4 Å². The first-order valence-corrected chi connectivity index (χ1v) is 5.50. The summed E-state index contributed by atoms with van der Waals surface area (Å²) < 4.78 is 10.0. The van der Waals surface area contributed by atoms with E-state index in [9.17, 15) is 9.59 Å². The van der Waals surface area contributed by atoms with Gasteiger partial charge in [0, 0.05) is 6.08 Å². The number of hydrogen-bond acceptors (Lipinski definition) is 4. The molecule has 0 aliphatic heterocycles. The number of nitrogens with two attached hydrogens (primary N) is 1. The van der Waals surface area contributed by atoms with Crippen LogP contribution in [0.1, 0.15) is 17.3 Å². The number of rotatable bonds is 6. The maximum atomic E-state index is 11.1. The molecule has 5 nitrogen and oxygen atoms in total. The topological polar surface area (TPSA) is 78.6 Å². The fourth-order valence-corrected chi connectivity index (χ4v) is 1.27. The Morgan fingerprint density at radius 2 is 2.06 bits per heavy atom. The van der Waals surface area contributed by atoms with Gasteiger partial charge in [-0.25, -0.2) is 4.79 Å². The van der Waals surface area contributed by atoms with E-state index in [0.717, 1.165) is 0 Å². The summed E-state index contributed by atoms with van der Waals surface area (Å²) in [5.41, 5.74) is 5.50. The van der Waals surface area contributed by atoms with Gasteiger partial charge in [0.25, 0.3) is 5.91 Å². The van der Waals surface area contributed by atoms with Crippen LogP contribution in [0.4, 0.5) is 0 Å². The number of benzene rings is 1. The molecule has 5 heteroatoms. The lowest BCUT2D eigenvalue weighted by Gasteiger charge is -2.06. The highest BCUT2D eigenvalue weighted by Crippen LogP contribution is 2.16. The van der Waals surface area contributed by atoms with Gasteiger partial charge in [-0.15, -0.1) is 0 Å². The van der Waals surface area contributed by atoms with Crippen molar-refractivity contribution in [2.24, 2.45) is 5.73 Å². The molecule has 2 N–H and O–H groups in total. The Hall–Kier alpha value is -2.30. The first-order valence-electron chi connectivity index (χ1n) is 5.50. The van der Waals surface area contributed by atoms with Crippen LogP contribution in [0.3, 0.4) is 0 Å². The maximum absolute atomic E-state index is 11.1. The molecule has 1 aromatic rings. The summed E-state index contributed by atoms with van der Waals surface area (Å²) in [6, 6.07) is 6.64. The lowest BCUT2D eigenvalue weighted by Crippen LogP contribution is -2.13. The van der Waals surface area contributed by atoms with Crippen molar-refractivity contribution in [2.75, 3.05) is 13.2 Å². The van der Waals surface area contributed by atoms with Crippen LogP contribution in [0.25, 0.3) is 0 Å². The zero-order valence-electron chi connectivity index (χ0n) is 10.1. The van der Waals surface area contributed by atoms with Crippen LogP contribution in [0, 0.1) is 0 Å². The second kappa shape index (κ2) is 7.11. The average molecular weight is 249 g/mol. The van der Waals surface area contributed by atoms with E-state index in [2.05, 4.69) is 0 Å². The molecule has 0 spiro atoms. The van der Waals surface area contributed by atoms with Gasteiger partial charge >= 0.3 is 5.97 Å². The van der Waals surface area contributed by atoms with Crippen molar-refractivity contribution in [1.82, 2.24) is 0 Å². The Labute approximate surface area is 105 Å². The second-order valence-electron chi connectivity index (χ2n) is 3.33.